The molecule has 2 nitrogen and oxygen atoms in total. The zero-order valence-electron chi connectivity index (χ0n) is 10.7. The van der Waals surface area contributed by atoms with Gasteiger partial charge in [0.1, 0.15) is 0 Å². The van der Waals surface area contributed by atoms with Gasteiger partial charge in [0.15, 0.2) is 5.11 Å². The molecule has 0 aliphatic heterocycles. The molecular weight excluding hydrogens is 240 g/mol. The second-order valence-electron chi connectivity index (χ2n) is 3.31. The molecule has 2 rings (SSSR count). The minimum Gasteiger partial charge on any atom is -0.332 e. The minimum atomic E-state index is 0.595. The Labute approximate surface area is 114 Å². The van der Waals surface area contributed by atoms with E-state index in [1.165, 1.54) is 0 Å². The van der Waals surface area contributed by atoms with Crippen LogP contribution in [0.4, 0.5) is 11.4 Å². The average molecular weight is 258 g/mol. The highest BCUT2D eigenvalue weighted by molar-refractivity contribution is 7.80. The van der Waals surface area contributed by atoms with Gasteiger partial charge in [0.05, 0.1) is 0 Å². The van der Waals surface area contributed by atoms with Crippen molar-refractivity contribution in [3.8, 4) is 0 Å². The molecule has 0 radical (unpaired) electrons. The maximum atomic E-state index is 5.20. The van der Waals surface area contributed by atoms with Crippen molar-refractivity contribution in [3.63, 3.8) is 0 Å². The molecule has 0 saturated carbocycles. The quantitative estimate of drug-likeness (QED) is 0.774. The van der Waals surface area contributed by atoms with E-state index in [0.717, 1.165) is 11.4 Å². The maximum Gasteiger partial charge on any atom is 0.175 e. The Balaban J connectivity index is 0.000000771. The molecule has 0 heterocycles. The summed E-state index contributed by atoms with van der Waals surface area (Å²) in [5, 5.41) is 6.82. The number of rotatable bonds is 2. The monoisotopic (exact) mass is 258 g/mol. The lowest BCUT2D eigenvalue weighted by Gasteiger charge is -2.09. The van der Waals surface area contributed by atoms with Crippen molar-refractivity contribution in [2.45, 2.75) is 13.8 Å². The molecule has 0 saturated heterocycles. The number of hydrogen-bond acceptors (Lipinski definition) is 1. The molecule has 94 valence electrons. The lowest BCUT2D eigenvalue weighted by atomic mass is 10.3. The molecule has 0 unspecified atom stereocenters. The molecular formula is C15H18N2S. The lowest BCUT2D eigenvalue weighted by Crippen LogP contribution is -2.18. The standard InChI is InChI=1S/C13H12N2S.C2H6/c16-13(14-11-7-3-1-4-8-11)15-12-9-5-2-6-10-12;1-2/h1-10H,(H2,14,15,16);1-2H3. The van der Waals surface area contributed by atoms with Gasteiger partial charge >= 0.3 is 0 Å². The summed E-state index contributed by atoms with van der Waals surface area (Å²) in [5.41, 5.74) is 1.96. The molecule has 0 bridgehead atoms. The highest BCUT2D eigenvalue weighted by atomic mass is 32.1. The van der Waals surface area contributed by atoms with Crippen molar-refractivity contribution in [1.29, 1.82) is 0 Å². The largest absolute Gasteiger partial charge is 0.332 e. The van der Waals surface area contributed by atoms with E-state index in [0.29, 0.717) is 5.11 Å². The third kappa shape index (κ3) is 4.97. The van der Waals surface area contributed by atoms with Gasteiger partial charge in [-0.3, -0.25) is 0 Å². The molecule has 0 aliphatic rings. The van der Waals surface area contributed by atoms with E-state index in [9.17, 15) is 0 Å². The Kier molecular flexibility index (Phi) is 6.51. The van der Waals surface area contributed by atoms with E-state index in [1.807, 2.05) is 74.5 Å². The van der Waals surface area contributed by atoms with Crippen LogP contribution >= 0.6 is 12.2 Å². The summed E-state index contributed by atoms with van der Waals surface area (Å²) in [6, 6.07) is 19.7. The van der Waals surface area contributed by atoms with Gasteiger partial charge in [-0.1, -0.05) is 50.2 Å². The third-order valence-corrected chi connectivity index (χ3v) is 2.27. The van der Waals surface area contributed by atoms with E-state index >= 15 is 0 Å². The Hall–Kier alpha value is -1.87. The van der Waals surface area contributed by atoms with Crippen LogP contribution in [-0.4, -0.2) is 5.11 Å². The first-order valence-electron chi connectivity index (χ1n) is 6.03. The van der Waals surface area contributed by atoms with Crippen molar-refractivity contribution >= 4 is 28.7 Å². The Morgan fingerprint density at radius 2 is 1.06 bits per heavy atom. The number of anilines is 2. The molecule has 0 spiro atoms. The second-order valence-corrected chi connectivity index (χ2v) is 3.72. The van der Waals surface area contributed by atoms with E-state index in [2.05, 4.69) is 10.6 Å². The van der Waals surface area contributed by atoms with Crippen molar-refractivity contribution < 1.29 is 0 Å². The predicted molar refractivity (Wildman–Crippen MR) is 84.1 cm³/mol. The Morgan fingerprint density at radius 3 is 1.39 bits per heavy atom. The first-order chi connectivity index (χ1) is 8.84. The van der Waals surface area contributed by atoms with Gasteiger partial charge in [0, 0.05) is 11.4 Å². The fourth-order valence-electron chi connectivity index (χ4n) is 1.34. The van der Waals surface area contributed by atoms with Crippen LogP contribution in [-0.2, 0) is 0 Å². The van der Waals surface area contributed by atoms with E-state index in [-0.39, 0.29) is 0 Å². The van der Waals surface area contributed by atoms with E-state index < -0.39 is 0 Å². The van der Waals surface area contributed by atoms with Crippen LogP contribution < -0.4 is 10.6 Å². The number of benzene rings is 2. The molecule has 2 N–H and O–H groups in total. The minimum absolute atomic E-state index is 0.595. The SMILES string of the molecule is CC.S=C(Nc1ccccc1)Nc1ccccc1. The summed E-state index contributed by atoms with van der Waals surface area (Å²) in [6.45, 7) is 4.00. The molecule has 0 aromatic heterocycles. The molecule has 0 amide bonds. The van der Waals surface area contributed by atoms with Gasteiger partial charge in [-0.25, -0.2) is 0 Å². The van der Waals surface area contributed by atoms with Crippen LogP contribution in [0, 0.1) is 0 Å². The van der Waals surface area contributed by atoms with Crippen LogP contribution in [0.1, 0.15) is 13.8 Å². The average Bonchev–Trinajstić information content (AvgIpc) is 2.43. The van der Waals surface area contributed by atoms with Crippen LogP contribution in [0.5, 0.6) is 0 Å². The highest BCUT2D eigenvalue weighted by Gasteiger charge is 1.96. The summed E-state index contributed by atoms with van der Waals surface area (Å²) in [6.07, 6.45) is 0. The van der Waals surface area contributed by atoms with E-state index in [1.54, 1.807) is 0 Å². The van der Waals surface area contributed by atoms with Crippen LogP contribution in [0.25, 0.3) is 0 Å². The summed E-state index contributed by atoms with van der Waals surface area (Å²) < 4.78 is 0. The summed E-state index contributed by atoms with van der Waals surface area (Å²) >= 11 is 5.20. The first kappa shape index (κ1) is 14.2. The topological polar surface area (TPSA) is 24.1 Å². The Bertz CT molecular complexity index is 411. The number of hydrogen-bond donors (Lipinski definition) is 2. The van der Waals surface area contributed by atoms with Crippen LogP contribution in [0.2, 0.25) is 0 Å². The van der Waals surface area contributed by atoms with E-state index in [4.69, 9.17) is 12.2 Å². The Morgan fingerprint density at radius 1 is 0.722 bits per heavy atom. The second kappa shape index (κ2) is 8.25. The van der Waals surface area contributed by atoms with Crippen molar-refractivity contribution in [3.05, 3.63) is 60.7 Å². The molecule has 0 fully saturated rings. The summed E-state index contributed by atoms with van der Waals surface area (Å²) in [4.78, 5) is 0. The highest BCUT2D eigenvalue weighted by Crippen LogP contribution is 2.08. The number of thiocarbonyl (C=S) groups is 1. The van der Waals surface area contributed by atoms with Crippen molar-refractivity contribution in [1.82, 2.24) is 0 Å². The lowest BCUT2D eigenvalue weighted by molar-refractivity contribution is 1.50. The summed E-state index contributed by atoms with van der Waals surface area (Å²) in [5.74, 6) is 0. The number of para-hydroxylation sites is 2. The zero-order valence-corrected chi connectivity index (χ0v) is 11.5. The van der Waals surface area contributed by atoms with Crippen molar-refractivity contribution in [2.24, 2.45) is 0 Å². The van der Waals surface area contributed by atoms with Gasteiger partial charge in [-0.2, -0.15) is 0 Å². The van der Waals surface area contributed by atoms with Gasteiger partial charge in [-0.05, 0) is 36.5 Å². The third-order valence-electron chi connectivity index (χ3n) is 2.06. The maximum absolute atomic E-state index is 5.20. The van der Waals surface area contributed by atoms with Crippen LogP contribution in [0.15, 0.2) is 60.7 Å². The molecule has 0 aliphatic carbocycles. The number of nitrogens with one attached hydrogen (secondary N) is 2. The molecule has 2 aromatic rings. The molecule has 2 aromatic carbocycles. The smallest absolute Gasteiger partial charge is 0.175 e. The van der Waals surface area contributed by atoms with Gasteiger partial charge in [0.2, 0.25) is 0 Å². The predicted octanol–water partition coefficient (Wildman–Crippen LogP) is 4.52. The van der Waals surface area contributed by atoms with Crippen LogP contribution in [0.3, 0.4) is 0 Å². The van der Waals surface area contributed by atoms with Gasteiger partial charge < -0.3 is 10.6 Å². The fraction of sp³-hybridized carbons (Fsp3) is 0.133. The fourth-order valence-corrected chi connectivity index (χ4v) is 1.57. The summed E-state index contributed by atoms with van der Waals surface area (Å²) in [7, 11) is 0. The van der Waals surface area contributed by atoms with Gasteiger partial charge in [0.25, 0.3) is 0 Å². The molecule has 3 heteroatoms. The molecule has 0 atom stereocenters. The molecule has 18 heavy (non-hydrogen) atoms. The van der Waals surface area contributed by atoms with Crippen molar-refractivity contribution in [2.75, 3.05) is 10.6 Å². The zero-order chi connectivity index (χ0) is 13.2. The first-order valence-corrected chi connectivity index (χ1v) is 6.43. The normalized spacial score (nSPS) is 8.78. The van der Waals surface area contributed by atoms with Gasteiger partial charge in [-0.15, -0.1) is 0 Å².